The van der Waals surface area contributed by atoms with Crippen molar-refractivity contribution < 1.29 is 9.13 Å². The van der Waals surface area contributed by atoms with Gasteiger partial charge in [0.25, 0.3) is 0 Å². The highest BCUT2D eigenvalue weighted by atomic mass is 35.5. The summed E-state index contributed by atoms with van der Waals surface area (Å²) in [6, 6.07) is 4.50. The number of ether oxygens (including phenoxy) is 1. The van der Waals surface area contributed by atoms with E-state index in [1.807, 2.05) is 0 Å². The maximum absolute atomic E-state index is 13.2. The number of halogens is 2. The second kappa shape index (κ2) is 3.92. The lowest BCUT2D eigenvalue weighted by Crippen LogP contribution is -2.02. The van der Waals surface area contributed by atoms with E-state index >= 15 is 0 Å². The van der Waals surface area contributed by atoms with Crippen molar-refractivity contribution >= 4 is 11.6 Å². The zero-order valence-corrected chi connectivity index (χ0v) is 10.5. The van der Waals surface area contributed by atoms with Crippen LogP contribution in [0.1, 0.15) is 31.2 Å². The van der Waals surface area contributed by atoms with Crippen LogP contribution in [-0.4, -0.2) is 7.11 Å². The molecule has 2 unspecified atom stereocenters. The summed E-state index contributed by atoms with van der Waals surface area (Å²) in [5.74, 6) is 0.814. The van der Waals surface area contributed by atoms with E-state index in [9.17, 15) is 4.39 Å². The molecule has 0 saturated heterocycles. The Balaban J connectivity index is 2.29. The summed E-state index contributed by atoms with van der Waals surface area (Å²) in [5, 5.41) is -0.166. The monoisotopic (exact) mass is 242 g/mol. The first kappa shape index (κ1) is 11.7. The number of hydrogen-bond donors (Lipinski definition) is 0. The fraction of sp³-hybridized carbons (Fsp3) is 0.538. The van der Waals surface area contributed by atoms with Crippen molar-refractivity contribution in [3.63, 3.8) is 0 Å². The average Bonchev–Trinajstić information content (AvgIpc) is 2.86. The van der Waals surface area contributed by atoms with E-state index in [-0.39, 0.29) is 16.6 Å². The van der Waals surface area contributed by atoms with Gasteiger partial charge in [0.2, 0.25) is 0 Å². The minimum atomic E-state index is -0.264. The van der Waals surface area contributed by atoms with Gasteiger partial charge in [-0.3, -0.25) is 0 Å². The van der Waals surface area contributed by atoms with Gasteiger partial charge in [0, 0.05) is 5.56 Å². The van der Waals surface area contributed by atoms with Crippen LogP contribution in [0.2, 0.25) is 0 Å². The van der Waals surface area contributed by atoms with E-state index in [1.165, 1.54) is 12.1 Å². The van der Waals surface area contributed by atoms with Crippen molar-refractivity contribution in [1.29, 1.82) is 0 Å². The molecule has 16 heavy (non-hydrogen) atoms. The summed E-state index contributed by atoms with van der Waals surface area (Å²) < 4.78 is 18.4. The molecule has 0 heterocycles. The van der Waals surface area contributed by atoms with Gasteiger partial charge < -0.3 is 4.74 Å². The van der Waals surface area contributed by atoms with Gasteiger partial charge >= 0.3 is 0 Å². The summed E-state index contributed by atoms with van der Waals surface area (Å²) in [4.78, 5) is 0. The molecule has 0 spiro atoms. The molecule has 0 bridgehead atoms. The Morgan fingerprint density at radius 1 is 1.50 bits per heavy atom. The molecule has 0 radical (unpaired) electrons. The van der Waals surface area contributed by atoms with E-state index < -0.39 is 0 Å². The molecular formula is C13H16ClFO. The highest BCUT2D eigenvalue weighted by molar-refractivity contribution is 6.21. The van der Waals surface area contributed by atoms with E-state index in [4.69, 9.17) is 16.3 Å². The van der Waals surface area contributed by atoms with Crippen LogP contribution in [0.3, 0.4) is 0 Å². The standard InChI is InChI=1S/C13H16ClFO/c1-13(2)7-10(13)12(14)9-6-8(15)4-5-11(9)16-3/h4-6,10,12H,7H2,1-3H3. The maximum Gasteiger partial charge on any atom is 0.123 e. The lowest BCUT2D eigenvalue weighted by atomic mass is 10.0. The summed E-state index contributed by atoms with van der Waals surface area (Å²) in [7, 11) is 1.58. The van der Waals surface area contributed by atoms with Gasteiger partial charge in [-0.25, -0.2) is 4.39 Å². The first-order chi connectivity index (χ1) is 7.45. The van der Waals surface area contributed by atoms with Crippen LogP contribution in [-0.2, 0) is 0 Å². The predicted molar refractivity (Wildman–Crippen MR) is 63.4 cm³/mol. The van der Waals surface area contributed by atoms with E-state index in [1.54, 1.807) is 13.2 Å². The smallest absolute Gasteiger partial charge is 0.123 e. The van der Waals surface area contributed by atoms with Gasteiger partial charge in [0.15, 0.2) is 0 Å². The second-order valence-corrected chi connectivity index (χ2v) is 5.56. The van der Waals surface area contributed by atoms with Crippen LogP contribution in [0.4, 0.5) is 4.39 Å². The first-order valence-corrected chi connectivity index (χ1v) is 5.87. The molecule has 1 fully saturated rings. The van der Waals surface area contributed by atoms with Crippen molar-refractivity contribution in [3.05, 3.63) is 29.6 Å². The van der Waals surface area contributed by atoms with Crippen LogP contribution in [0.25, 0.3) is 0 Å². The summed E-state index contributed by atoms with van der Waals surface area (Å²) in [6.45, 7) is 4.36. The van der Waals surface area contributed by atoms with Crippen molar-refractivity contribution in [2.45, 2.75) is 25.6 Å². The van der Waals surface area contributed by atoms with Crippen molar-refractivity contribution in [2.75, 3.05) is 7.11 Å². The lowest BCUT2D eigenvalue weighted by Gasteiger charge is -2.15. The Hall–Kier alpha value is -0.760. The lowest BCUT2D eigenvalue weighted by molar-refractivity contribution is 0.404. The fourth-order valence-electron chi connectivity index (χ4n) is 2.14. The number of benzene rings is 1. The van der Waals surface area contributed by atoms with E-state index in [2.05, 4.69) is 13.8 Å². The number of alkyl halides is 1. The zero-order chi connectivity index (χ0) is 11.9. The van der Waals surface area contributed by atoms with Crippen molar-refractivity contribution in [3.8, 4) is 5.75 Å². The number of methoxy groups -OCH3 is 1. The SMILES string of the molecule is COc1ccc(F)cc1C(Cl)C1CC1(C)C. The van der Waals surface area contributed by atoms with Crippen LogP contribution >= 0.6 is 11.6 Å². The minimum Gasteiger partial charge on any atom is -0.496 e. The highest BCUT2D eigenvalue weighted by Gasteiger charge is 2.50. The number of hydrogen-bond acceptors (Lipinski definition) is 1. The molecule has 3 heteroatoms. The third kappa shape index (κ3) is 2.03. The second-order valence-electron chi connectivity index (χ2n) is 5.09. The molecule has 0 amide bonds. The molecule has 88 valence electrons. The fourth-order valence-corrected chi connectivity index (χ4v) is 2.75. The van der Waals surface area contributed by atoms with Crippen LogP contribution in [0.5, 0.6) is 5.75 Å². The molecule has 0 aliphatic heterocycles. The largest absolute Gasteiger partial charge is 0.496 e. The molecule has 1 aliphatic rings. The molecule has 2 atom stereocenters. The average molecular weight is 243 g/mol. The van der Waals surface area contributed by atoms with Crippen LogP contribution < -0.4 is 4.74 Å². The Labute approximate surface area is 101 Å². The van der Waals surface area contributed by atoms with Gasteiger partial charge in [0.1, 0.15) is 11.6 Å². The molecule has 1 aromatic carbocycles. The van der Waals surface area contributed by atoms with Crippen LogP contribution in [0, 0.1) is 17.2 Å². The van der Waals surface area contributed by atoms with Gasteiger partial charge in [-0.2, -0.15) is 0 Å². The van der Waals surface area contributed by atoms with Gasteiger partial charge in [-0.15, -0.1) is 11.6 Å². The molecule has 1 nitrogen and oxygen atoms in total. The first-order valence-electron chi connectivity index (χ1n) is 5.43. The molecule has 2 rings (SSSR count). The molecule has 0 N–H and O–H groups in total. The third-order valence-corrected chi connectivity index (χ3v) is 3.97. The van der Waals surface area contributed by atoms with E-state index in [0.717, 1.165) is 12.0 Å². The van der Waals surface area contributed by atoms with Crippen molar-refractivity contribution in [1.82, 2.24) is 0 Å². The Bertz CT molecular complexity index is 403. The van der Waals surface area contributed by atoms with E-state index in [0.29, 0.717) is 11.7 Å². The topological polar surface area (TPSA) is 9.23 Å². The maximum atomic E-state index is 13.2. The van der Waals surface area contributed by atoms with Crippen LogP contribution in [0.15, 0.2) is 18.2 Å². The minimum absolute atomic E-state index is 0.166. The summed E-state index contributed by atoms with van der Waals surface area (Å²) in [5.41, 5.74) is 1.03. The molecule has 1 saturated carbocycles. The third-order valence-electron chi connectivity index (χ3n) is 3.43. The quantitative estimate of drug-likeness (QED) is 0.724. The molecule has 0 aromatic heterocycles. The molecule has 1 aliphatic carbocycles. The van der Waals surface area contributed by atoms with Gasteiger partial charge in [-0.1, -0.05) is 13.8 Å². The molecular weight excluding hydrogens is 227 g/mol. The summed E-state index contributed by atoms with van der Waals surface area (Å²) >= 11 is 6.40. The Morgan fingerprint density at radius 2 is 2.12 bits per heavy atom. The summed E-state index contributed by atoms with van der Waals surface area (Å²) in [6.07, 6.45) is 1.08. The van der Waals surface area contributed by atoms with Crippen molar-refractivity contribution in [2.24, 2.45) is 11.3 Å². The number of rotatable bonds is 3. The predicted octanol–water partition coefficient (Wildman–Crippen LogP) is 4.16. The van der Waals surface area contributed by atoms with Gasteiger partial charge in [-0.05, 0) is 36.0 Å². The molecule has 1 aromatic rings. The highest BCUT2D eigenvalue weighted by Crippen LogP contribution is 2.60. The normalized spacial score (nSPS) is 23.9. The zero-order valence-electron chi connectivity index (χ0n) is 9.76. The Morgan fingerprint density at radius 3 is 2.62 bits per heavy atom. The Kier molecular flexibility index (Phi) is 2.87. The van der Waals surface area contributed by atoms with Gasteiger partial charge in [0.05, 0.1) is 12.5 Å².